The number of benzene rings is 4. The molecule has 0 atom stereocenters. The van der Waals surface area contributed by atoms with Crippen molar-refractivity contribution in [2.24, 2.45) is 0 Å². The summed E-state index contributed by atoms with van der Waals surface area (Å²) in [4.78, 5) is 0. The zero-order chi connectivity index (χ0) is 27.6. The monoisotopic (exact) mass is 548 g/mol. The molecule has 0 unspecified atom stereocenters. The summed E-state index contributed by atoms with van der Waals surface area (Å²) in [7, 11) is 0. The first-order valence-electron chi connectivity index (χ1n) is 14.7. The predicted octanol–water partition coefficient (Wildman–Crippen LogP) is 7.05. The van der Waals surface area contributed by atoms with Crippen LogP contribution in [0.1, 0.15) is 101 Å². The van der Waals surface area contributed by atoms with Gasteiger partial charge in [-0.25, -0.2) is 0 Å². The van der Waals surface area contributed by atoms with E-state index in [1.54, 1.807) is 0 Å². The fraction of sp³-hybridized carbons (Fsp3) is 0.324. The van der Waals surface area contributed by atoms with E-state index in [1.807, 2.05) is 0 Å². The van der Waals surface area contributed by atoms with Gasteiger partial charge in [0.15, 0.2) is 11.4 Å². The lowest BCUT2D eigenvalue weighted by atomic mass is 9.92. The van der Waals surface area contributed by atoms with Gasteiger partial charge in [-0.1, -0.05) is 116 Å². The van der Waals surface area contributed by atoms with Crippen LogP contribution < -0.4 is 17.0 Å². The van der Waals surface area contributed by atoms with E-state index in [4.69, 9.17) is 0 Å². The predicted molar refractivity (Wildman–Crippen MR) is 166 cm³/mol. The van der Waals surface area contributed by atoms with Crippen LogP contribution in [0.5, 0.6) is 0 Å². The van der Waals surface area contributed by atoms with E-state index in [-0.39, 0.29) is 12.4 Å². The van der Waals surface area contributed by atoms with Gasteiger partial charge in [-0.05, 0) is 41.2 Å². The van der Waals surface area contributed by atoms with Gasteiger partial charge < -0.3 is 12.4 Å². The van der Waals surface area contributed by atoms with Crippen LogP contribution in [0.25, 0.3) is 44.7 Å². The van der Waals surface area contributed by atoms with Gasteiger partial charge in [-0.15, -0.1) is 0 Å². The Morgan fingerprint density at radius 1 is 0.550 bits per heavy atom. The van der Waals surface area contributed by atoms with Crippen LogP contribution in [-0.4, -0.2) is 4.57 Å². The van der Waals surface area contributed by atoms with Crippen LogP contribution in [-0.2, 0) is 0 Å². The number of para-hydroxylation sites is 2. The maximum atomic E-state index is 2.54. The fourth-order valence-corrected chi connectivity index (χ4v) is 6.63. The summed E-state index contributed by atoms with van der Waals surface area (Å²) >= 11 is 0. The lowest BCUT2D eigenvalue weighted by Crippen LogP contribution is -3.00. The fourth-order valence-electron chi connectivity index (χ4n) is 6.63. The van der Waals surface area contributed by atoms with Crippen LogP contribution in [0.4, 0.5) is 0 Å². The molecule has 6 rings (SSSR count). The molecule has 0 radical (unpaired) electrons. The number of rotatable bonds is 6. The second-order valence-electron chi connectivity index (χ2n) is 12.5. The van der Waals surface area contributed by atoms with Crippen molar-refractivity contribution < 1.29 is 17.0 Å². The van der Waals surface area contributed by atoms with Crippen molar-refractivity contribution >= 4 is 10.8 Å². The molecule has 0 spiro atoms. The number of halogens is 1. The maximum absolute atomic E-state index is 2.54. The average Bonchev–Trinajstić information content (AvgIpc) is 3.45. The van der Waals surface area contributed by atoms with E-state index in [2.05, 4.69) is 144 Å². The molecule has 0 saturated carbocycles. The maximum Gasteiger partial charge on any atom is 0.255 e. The lowest BCUT2D eigenvalue weighted by molar-refractivity contribution is -0.584. The van der Waals surface area contributed by atoms with Crippen molar-refractivity contribution in [1.29, 1.82) is 0 Å². The van der Waals surface area contributed by atoms with Crippen LogP contribution in [0, 0.1) is 0 Å². The van der Waals surface area contributed by atoms with E-state index in [0.29, 0.717) is 23.7 Å². The Morgan fingerprint density at radius 2 is 1.00 bits per heavy atom. The molecule has 2 nitrogen and oxygen atoms in total. The van der Waals surface area contributed by atoms with Crippen molar-refractivity contribution in [3.63, 3.8) is 0 Å². The Morgan fingerprint density at radius 3 is 1.50 bits per heavy atom. The molecule has 206 valence electrons. The molecule has 0 fully saturated rings. The third-order valence-electron chi connectivity index (χ3n) is 8.52. The third-order valence-corrected chi connectivity index (χ3v) is 8.52. The van der Waals surface area contributed by atoms with E-state index in [9.17, 15) is 0 Å². The molecule has 5 aromatic rings. The van der Waals surface area contributed by atoms with Crippen molar-refractivity contribution in [2.45, 2.75) is 79.1 Å². The SMILES string of the molecule is CC(C)c1cccc(C(C)C)c1-n1c[n+](-c2c(C(C)C)cccc2C(C)C)c2c1-c1cccc3cccc-2c13.[Cl-]. The third kappa shape index (κ3) is 4.20. The normalized spacial score (nSPS) is 12.2. The number of fused-ring (bicyclic) bond motifs is 3. The Kier molecular flexibility index (Phi) is 7.44. The molecule has 3 heteroatoms. The molecular weight excluding hydrogens is 508 g/mol. The zero-order valence-electron chi connectivity index (χ0n) is 25.1. The van der Waals surface area contributed by atoms with Crippen molar-refractivity contribution in [3.05, 3.63) is 101 Å². The quantitative estimate of drug-likeness (QED) is 0.197. The van der Waals surface area contributed by atoms with Gasteiger partial charge in [-0.3, -0.25) is 0 Å². The molecule has 40 heavy (non-hydrogen) atoms. The highest BCUT2D eigenvalue weighted by molar-refractivity contribution is 6.13. The lowest BCUT2D eigenvalue weighted by Gasteiger charge is -2.18. The largest absolute Gasteiger partial charge is 1.00 e. The van der Waals surface area contributed by atoms with Gasteiger partial charge in [0.2, 0.25) is 0 Å². The standard InChI is InChI=1S/C37H41N2.ClH/c1-22(2)27-15-11-16-28(23(3)4)34(27)38-21-39(35-29(24(5)6)17-12-18-30(35)25(7)8)37-32-20-10-14-26-13-9-19-31(33(26)32)36(37)38;/h9-25H,1-8H3;1H/q+1;/p-1. The van der Waals surface area contributed by atoms with E-state index in [0.717, 1.165) is 0 Å². The molecule has 1 heterocycles. The number of hydrogen-bond acceptors (Lipinski definition) is 0. The molecule has 1 aliphatic carbocycles. The summed E-state index contributed by atoms with van der Waals surface area (Å²) in [5, 5.41) is 2.68. The smallest absolute Gasteiger partial charge is 0.255 e. The molecular formula is C37H41ClN2. The Balaban J connectivity index is 0.00000323. The Hall–Kier alpha value is -3.36. The van der Waals surface area contributed by atoms with Gasteiger partial charge in [0.1, 0.15) is 11.4 Å². The minimum Gasteiger partial charge on any atom is -1.00 e. The van der Waals surface area contributed by atoms with Crippen molar-refractivity contribution in [1.82, 2.24) is 4.57 Å². The van der Waals surface area contributed by atoms with Gasteiger partial charge in [0.25, 0.3) is 6.33 Å². The number of aromatic nitrogens is 2. The minimum absolute atomic E-state index is 0. The second-order valence-corrected chi connectivity index (χ2v) is 12.5. The van der Waals surface area contributed by atoms with Gasteiger partial charge >= 0.3 is 0 Å². The van der Waals surface area contributed by atoms with E-state index in [1.165, 1.54) is 66.9 Å². The van der Waals surface area contributed by atoms with Crippen LogP contribution in [0.15, 0.2) is 79.1 Å². The number of imidazole rings is 1. The van der Waals surface area contributed by atoms with E-state index < -0.39 is 0 Å². The highest BCUT2D eigenvalue weighted by Crippen LogP contribution is 2.48. The summed E-state index contributed by atoms with van der Waals surface area (Å²) in [6.07, 6.45) is 2.40. The van der Waals surface area contributed by atoms with Crippen molar-refractivity contribution in [3.8, 4) is 33.9 Å². The van der Waals surface area contributed by atoms with Crippen LogP contribution in [0.2, 0.25) is 0 Å². The first-order valence-corrected chi connectivity index (χ1v) is 14.7. The topological polar surface area (TPSA) is 8.81 Å². The first-order chi connectivity index (χ1) is 18.7. The Bertz CT molecular complexity index is 1550. The minimum atomic E-state index is 0. The van der Waals surface area contributed by atoms with Gasteiger partial charge in [-0.2, -0.15) is 9.13 Å². The van der Waals surface area contributed by atoms with Gasteiger partial charge in [0, 0.05) is 38.8 Å². The summed E-state index contributed by atoms with van der Waals surface area (Å²) in [6.45, 7) is 18.6. The summed E-state index contributed by atoms with van der Waals surface area (Å²) in [6, 6.07) is 27.4. The molecule has 0 N–H and O–H groups in total. The molecule has 0 bridgehead atoms. The molecule has 1 aliphatic rings. The summed E-state index contributed by atoms with van der Waals surface area (Å²) < 4.78 is 5.08. The molecule has 1 aromatic heterocycles. The average molecular weight is 549 g/mol. The molecule has 0 amide bonds. The molecule has 4 aromatic carbocycles. The first kappa shape index (κ1) is 28.2. The second kappa shape index (κ2) is 10.6. The van der Waals surface area contributed by atoms with Gasteiger partial charge in [0.05, 0.1) is 0 Å². The zero-order valence-corrected chi connectivity index (χ0v) is 25.8. The van der Waals surface area contributed by atoms with E-state index >= 15 is 0 Å². The number of nitrogens with zero attached hydrogens (tertiary/aromatic N) is 2. The summed E-state index contributed by atoms with van der Waals surface area (Å²) in [5.41, 5.74) is 13.6. The van der Waals surface area contributed by atoms with Crippen LogP contribution >= 0.6 is 0 Å². The Labute approximate surface area is 246 Å². The van der Waals surface area contributed by atoms with Crippen molar-refractivity contribution in [2.75, 3.05) is 0 Å². The number of hydrogen-bond donors (Lipinski definition) is 0. The highest BCUT2D eigenvalue weighted by atomic mass is 35.5. The molecule has 0 saturated heterocycles. The molecule has 0 aliphatic heterocycles. The summed E-state index contributed by atoms with van der Waals surface area (Å²) in [5.74, 6) is 1.66. The highest BCUT2D eigenvalue weighted by Gasteiger charge is 2.38. The van der Waals surface area contributed by atoms with Crippen LogP contribution in [0.3, 0.4) is 0 Å².